The third-order valence-corrected chi connectivity index (χ3v) is 3.26. The van der Waals surface area contributed by atoms with Gasteiger partial charge in [0.25, 0.3) is 0 Å². The molecule has 1 aliphatic heterocycles. The molecule has 0 amide bonds. The molecular weight excluding hydrogens is 267 g/mol. The highest BCUT2D eigenvalue weighted by atomic mass is 79.9. The number of halogens is 2. The maximum absolute atomic E-state index is 6.06. The van der Waals surface area contributed by atoms with Crippen LogP contribution in [0.1, 0.15) is 12.0 Å². The summed E-state index contributed by atoms with van der Waals surface area (Å²) in [7, 11) is 0. The van der Waals surface area contributed by atoms with Crippen molar-refractivity contribution in [3.63, 3.8) is 0 Å². The molecule has 1 aromatic carbocycles. The van der Waals surface area contributed by atoms with E-state index >= 15 is 0 Å². The van der Waals surface area contributed by atoms with Crippen LogP contribution in [0.4, 0.5) is 0 Å². The zero-order chi connectivity index (χ0) is 10.1. The maximum atomic E-state index is 6.06. The molecule has 1 aromatic rings. The normalized spacial score (nSPS) is 15.1. The minimum atomic E-state index is 0.597. The lowest BCUT2D eigenvalue weighted by Crippen LogP contribution is -1.98. The van der Waals surface area contributed by atoms with Crippen molar-refractivity contribution in [2.24, 2.45) is 0 Å². The second-order valence-electron chi connectivity index (χ2n) is 3.17. The lowest BCUT2D eigenvalue weighted by molar-refractivity contribution is 0.296. The first kappa shape index (κ1) is 10.1. The van der Waals surface area contributed by atoms with Crippen LogP contribution < -0.4 is 9.47 Å². The van der Waals surface area contributed by atoms with Crippen molar-refractivity contribution in [1.82, 2.24) is 0 Å². The first-order valence-corrected chi connectivity index (χ1v) is 5.61. The lowest BCUT2D eigenvalue weighted by Gasteiger charge is -2.12. The van der Waals surface area contributed by atoms with E-state index in [9.17, 15) is 0 Å². The van der Waals surface area contributed by atoms with E-state index in [2.05, 4.69) is 15.9 Å². The fourth-order valence-electron chi connectivity index (χ4n) is 1.39. The smallest absolute Gasteiger partial charge is 0.180 e. The quantitative estimate of drug-likeness (QED) is 0.722. The monoisotopic (exact) mass is 276 g/mol. The molecule has 14 heavy (non-hydrogen) atoms. The molecule has 0 saturated heterocycles. The molecule has 76 valence electrons. The van der Waals surface area contributed by atoms with Crippen molar-refractivity contribution in [2.45, 2.75) is 13.3 Å². The van der Waals surface area contributed by atoms with Gasteiger partial charge >= 0.3 is 0 Å². The fourth-order valence-corrected chi connectivity index (χ4v) is 2.18. The van der Waals surface area contributed by atoms with Crippen LogP contribution in [0, 0.1) is 6.92 Å². The molecule has 0 atom stereocenters. The number of benzene rings is 1. The Morgan fingerprint density at radius 3 is 2.64 bits per heavy atom. The van der Waals surface area contributed by atoms with E-state index in [-0.39, 0.29) is 0 Å². The van der Waals surface area contributed by atoms with Crippen molar-refractivity contribution >= 4 is 27.5 Å². The van der Waals surface area contributed by atoms with Gasteiger partial charge in [-0.15, -0.1) is 0 Å². The summed E-state index contributed by atoms with van der Waals surface area (Å²) in [5.41, 5.74) is 1.03. The Bertz CT molecular complexity index is 366. The maximum Gasteiger partial charge on any atom is 0.180 e. The largest absolute Gasteiger partial charge is 0.489 e. The molecule has 0 unspecified atom stereocenters. The molecule has 0 aliphatic carbocycles. The van der Waals surface area contributed by atoms with Gasteiger partial charge in [0.2, 0.25) is 0 Å². The van der Waals surface area contributed by atoms with Gasteiger partial charge in [0.05, 0.1) is 18.2 Å². The Morgan fingerprint density at radius 1 is 1.29 bits per heavy atom. The van der Waals surface area contributed by atoms with E-state index in [1.54, 1.807) is 0 Å². The Labute approximate surface area is 96.3 Å². The van der Waals surface area contributed by atoms with Crippen LogP contribution in [-0.4, -0.2) is 13.2 Å². The zero-order valence-corrected chi connectivity index (χ0v) is 10.1. The van der Waals surface area contributed by atoms with E-state index < -0.39 is 0 Å². The number of hydrogen-bond acceptors (Lipinski definition) is 2. The average molecular weight is 278 g/mol. The van der Waals surface area contributed by atoms with E-state index in [1.807, 2.05) is 13.0 Å². The van der Waals surface area contributed by atoms with Gasteiger partial charge < -0.3 is 9.47 Å². The van der Waals surface area contributed by atoms with Crippen molar-refractivity contribution in [3.8, 4) is 11.5 Å². The van der Waals surface area contributed by atoms with Crippen molar-refractivity contribution in [2.75, 3.05) is 13.2 Å². The number of fused-ring (bicyclic) bond motifs is 1. The highest BCUT2D eigenvalue weighted by molar-refractivity contribution is 9.10. The number of rotatable bonds is 0. The van der Waals surface area contributed by atoms with Crippen LogP contribution in [0.25, 0.3) is 0 Å². The third-order valence-electron chi connectivity index (χ3n) is 2.16. The van der Waals surface area contributed by atoms with Crippen molar-refractivity contribution < 1.29 is 9.47 Å². The van der Waals surface area contributed by atoms with Crippen LogP contribution in [0.2, 0.25) is 5.02 Å². The molecule has 0 aromatic heterocycles. The lowest BCUT2D eigenvalue weighted by atomic mass is 10.2. The fraction of sp³-hybridized carbons (Fsp3) is 0.400. The molecule has 1 heterocycles. The first-order chi connectivity index (χ1) is 6.70. The standard InChI is InChI=1S/C10H10BrClO2/c1-6-7(11)5-8(12)10-9(6)13-3-2-4-14-10/h5H,2-4H2,1H3. The van der Waals surface area contributed by atoms with E-state index in [0.29, 0.717) is 24.0 Å². The van der Waals surface area contributed by atoms with Crippen molar-refractivity contribution in [3.05, 3.63) is 21.1 Å². The SMILES string of the molecule is Cc1c(Br)cc(Cl)c2c1OCCCO2. The molecule has 0 bridgehead atoms. The van der Waals surface area contributed by atoms with Crippen molar-refractivity contribution in [1.29, 1.82) is 0 Å². The van der Waals surface area contributed by atoms with Gasteiger partial charge in [0.15, 0.2) is 11.5 Å². The first-order valence-electron chi connectivity index (χ1n) is 4.44. The van der Waals surface area contributed by atoms with E-state index in [1.165, 1.54) is 0 Å². The van der Waals surface area contributed by atoms with Crippen LogP contribution in [0.5, 0.6) is 11.5 Å². The summed E-state index contributed by atoms with van der Waals surface area (Å²) in [6.45, 7) is 3.32. The van der Waals surface area contributed by atoms with Crippen LogP contribution in [-0.2, 0) is 0 Å². The summed E-state index contributed by atoms with van der Waals surface area (Å²) in [6, 6.07) is 1.84. The number of ether oxygens (including phenoxy) is 2. The third kappa shape index (κ3) is 1.71. The summed E-state index contributed by atoms with van der Waals surface area (Å²) in [6.07, 6.45) is 0.891. The Hall–Kier alpha value is -0.410. The second-order valence-corrected chi connectivity index (χ2v) is 4.44. The predicted octanol–water partition coefficient (Wildman–Crippen LogP) is 3.57. The highest BCUT2D eigenvalue weighted by Crippen LogP contribution is 2.42. The van der Waals surface area contributed by atoms with Gasteiger partial charge in [0, 0.05) is 16.5 Å². The summed E-state index contributed by atoms with van der Waals surface area (Å²) >= 11 is 9.49. The molecule has 4 heteroatoms. The van der Waals surface area contributed by atoms with E-state index in [0.717, 1.165) is 22.2 Å². The second kappa shape index (κ2) is 3.99. The minimum absolute atomic E-state index is 0.597. The topological polar surface area (TPSA) is 18.5 Å². The highest BCUT2D eigenvalue weighted by Gasteiger charge is 2.18. The van der Waals surface area contributed by atoms with Crippen LogP contribution >= 0.6 is 27.5 Å². The summed E-state index contributed by atoms with van der Waals surface area (Å²) in [4.78, 5) is 0. The molecule has 2 nitrogen and oxygen atoms in total. The zero-order valence-electron chi connectivity index (χ0n) is 7.77. The molecular formula is C10H10BrClO2. The molecule has 0 fully saturated rings. The molecule has 0 radical (unpaired) electrons. The molecule has 0 N–H and O–H groups in total. The minimum Gasteiger partial charge on any atom is -0.489 e. The van der Waals surface area contributed by atoms with Gasteiger partial charge in [-0.1, -0.05) is 27.5 Å². The van der Waals surface area contributed by atoms with Crippen LogP contribution in [0.15, 0.2) is 10.5 Å². The molecule has 0 spiro atoms. The van der Waals surface area contributed by atoms with Gasteiger partial charge in [0.1, 0.15) is 0 Å². The number of hydrogen-bond donors (Lipinski definition) is 0. The summed E-state index contributed by atoms with van der Waals surface area (Å²) < 4.78 is 12.1. The molecule has 2 rings (SSSR count). The van der Waals surface area contributed by atoms with Gasteiger partial charge in [-0.3, -0.25) is 0 Å². The molecule has 0 saturated carbocycles. The van der Waals surface area contributed by atoms with Crippen LogP contribution in [0.3, 0.4) is 0 Å². The Morgan fingerprint density at radius 2 is 1.93 bits per heavy atom. The molecule has 1 aliphatic rings. The Balaban J connectivity index is 2.57. The van der Waals surface area contributed by atoms with E-state index in [4.69, 9.17) is 21.1 Å². The average Bonchev–Trinajstić information content (AvgIpc) is 2.39. The summed E-state index contributed by atoms with van der Waals surface area (Å²) in [5, 5.41) is 0.597. The Kier molecular flexibility index (Phi) is 2.88. The van der Waals surface area contributed by atoms with Gasteiger partial charge in [-0.05, 0) is 13.0 Å². The summed E-state index contributed by atoms with van der Waals surface area (Å²) in [5.74, 6) is 1.44. The van der Waals surface area contributed by atoms with Gasteiger partial charge in [-0.25, -0.2) is 0 Å². The van der Waals surface area contributed by atoms with Gasteiger partial charge in [-0.2, -0.15) is 0 Å². The predicted molar refractivity (Wildman–Crippen MR) is 59.5 cm³/mol.